The molecule has 3 aromatic rings. The molecule has 6 rings (SSSR count). The van der Waals surface area contributed by atoms with Crippen molar-refractivity contribution in [3.05, 3.63) is 66.0 Å². The zero-order chi connectivity index (χ0) is 27.5. The van der Waals surface area contributed by atoms with Gasteiger partial charge in [0, 0.05) is 49.4 Å². The summed E-state index contributed by atoms with van der Waals surface area (Å²) in [7, 11) is 1.92. The second-order valence-electron chi connectivity index (χ2n) is 12.4. The van der Waals surface area contributed by atoms with Crippen molar-refractivity contribution in [2.75, 3.05) is 19.6 Å². The average molecular weight is 524 g/mol. The summed E-state index contributed by atoms with van der Waals surface area (Å²) < 4.78 is 1.81. The molecule has 0 spiro atoms. The van der Waals surface area contributed by atoms with Gasteiger partial charge in [-0.15, -0.1) is 0 Å². The van der Waals surface area contributed by atoms with E-state index in [2.05, 4.69) is 61.4 Å². The molecule has 7 heteroatoms. The summed E-state index contributed by atoms with van der Waals surface area (Å²) in [4.78, 5) is 35.1. The molecule has 202 valence electrons. The smallest absolute Gasteiger partial charge is 0.255 e. The second-order valence-corrected chi connectivity index (χ2v) is 12.4. The van der Waals surface area contributed by atoms with Crippen molar-refractivity contribution in [3.63, 3.8) is 0 Å². The molecule has 0 bridgehead atoms. The Hall–Kier alpha value is -3.74. The number of hydrogen-bond acceptors (Lipinski definition) is 4. The first kappa shape index (κ1) is 25.5. The molecule has 0 N–H and O–H groups in total. The van der Waals surface area contributed by atoms with Crippen LogP contribution in [0.3, 0.4) is 0 Å². The van der Waals surface area contributed by atoms with Crippen LogP contribution in [0.2, 0.25) is 0 Å². The number of aromatic nitrogens is 2. The number of aryl methyl sites for hydroxylation is 2. The predicted molar refractivity (Wildman–Crippen MR) is 153 cm³/mol. The minimum Gasteiger partial charge on any atom is -0.342 e. The maximum Gasteiger partial charge on any atom is 0.255 e. The number of amidine groups is 1. The summed E-state index contributed by atoms with van der Waals surface area (Å²) in [5, 5.41) is 4.27. The van der Waals surface area contributed by atoms with Gasteiger partial charge in [0.2, 0.25) is 5.91 Å². The Morgan fingerprint density at radius 3 is 2.28 bits per heavy atom. The van der Waals surface area contributed by atoms with Crippen LogP contribution >= 0.6 is 0 Å². The van der Waals surface area contributed by atoms with Crippen LogP contribution in [-0.2, 0) is 16.6 Å². The van der Waals surface area contributed by atoms with Gasteiger partial charge in [-0.1, -0.05) is 49.4 Å². The van der Waals surface area contributed by atoms with Crippen molar-refractivity contribution in [2.24, 2.45) is 23.4 Å². The number of likely N-dealkylation sites (tertiary alicyclic amines) is 1. The Morgan fingerprint density at radius 2 is 1.67 bits per heavy atom. The third kappa shape index (κ3) is 4.68. The van der Waals surface area contributed by atoms with Crippen LogP contribution < -0.4 is 0 Å². The van der Waals surface area contributed by atoms with Crippen LogP contribution in [0.4, 0.5) is 0 Å². The molecule has 2 aliphatic heterocycles. The third-order valence-corrected chi connectivity index (χ3v) is 8.66. The molecule has 39 heavy (non-hydrogen) atoms. The van der Waals surface area contributed by atoms with Gasteiger partial charge in [0.25, 0.3) is 5.91 Å². The number of nitrogens with zero attached hydrogens (tertiary/aromatic N) is 5. The van der Waals surface area contributed by atoms with Gasteiger partial charge < -0.3 is 4.90 Å². The second kappa shape index (κ2) is 9.18. The van der Waals surface area contributed by atoms with Crippen molar-refractivity contribution in [1.82, 2.24) is 19.6 Å². The first-order valence-corrected chi connectivity index (χ1v) is 14.0. The van der Waals surface area contributed by atoms with Crippen LogP contribution in [-0.4, -0.2) is 62.4 Å². The maximum atomic E-state index is 13.5. The molecule has 2 amide bonds. The molecule has 1 saturated carbocycles. The van der Waals surface area contributed by atoms with Gasteiger partial charge >= 0.3 is 0 Å². The van der Waals surface area contributed by atoms with E-state index in [4.69, 9.17) is 4.99 Å². The van der Waals surface area contributed by atoms with Gasteiger partial charge in [-0.3, -0.25) is 24.2 Å². The molecule has 1 saturated heterocycles. The van der Waals surface area contributed by atoms with Crippen molar-refractivity contribution >= 4 is 17.6 Å². The molecule has 1 atom stereocenters. The first-order chi connectivity index (χ1) is 18.5. The Kier molecular flexibility index (Phi) is 6.01. The lowest BCUT2D eigenvalue weighted by Crippen LogP contribution is -2.43. The van der Waals surface area contributed by atoms with E-state index in [0.717, 1.165) is 71.6 Å². The highest BCUT2D eigenvalue weighted by Crippen LogP contribution is 2.47. The van der Waals surface area contributed by atoms with Crippen molar-refractivity contribution in [1.29, 1.82) is 0 Å². The minimum atomic E-state index is -0.793. The van der Waals surface area contributed by atoms with Crippen LogP contribution in [0, 0.1) is 18.3 Å². The fourth-order valence-electron chi connectivity index (χ4n) is 5.90. The molecule has 0 unspecified atom stereocenters. The van der Waals surface area contributed by atoms with Crippen LogP contribution in [0.15, 0.2) is 59.9 Å². The molecule has 0 radical (unpaired) electrons. The average Bonchev–Trinajstić information content (AvgIpc) is 3.22. The quantitative estimate of drug-likeness (QED) is 0.453. The molecular weight excluding hydrogens is 486 g/mol. The van der Waals surface area contributed by atoms with E-state index in [0.29, 0.717) is 6.54 Å². The largest absolute Gasteiger partial charge is 0.342 e. The Bertz CT molecular complexity index is 1480. The highest BCUT2D eigenvalue weighted by atomic mass is 16.2. The number of rotatable bonds is 6. The van der Waals surface area contributed by atoms with Crippen molar-refractivity contribution < 1.29 is 9.59 Å². The van der Waals surface area contributed by atoms with Gasteiger partial charge in [0.05, 0.1) is 6.20 Å². The van der Waals surface area contributed by atoms with E-state index in [-0.39, 0.29) is 23.1 Å². The normalized spacial score (nSPS) is 21.4. The van der Waals surface area contributed by atoms with Gasteiger partial charge in [0.15, 0.2) is 0 Å². The number of amides is 2. The van der Waals surface area contributed by atoms with E-state index in [1.807, 2.05) is 47.8 Å². The molecule has 1 aliphatic carbocycles. The zero-order valence-electron chi connectivity index (χ0n) is 23.6. The van der Waals surface area contributed by atoms with Crippen LogP contribution in [0.25, 0.3) is 22.3 Å². The number of carbonyl (C=O) groups is 2. The topological polar surface area (TPSA) is 70.8 Å². The Balaban J connectivity index is 1.21. The summed E-state index contributed by atoms with van der Waals surface area (Å²) in [5.41, 5.74) is 5.63. The lowest BCUT2D eigenvalue weighted by atomic mass is 9.97. The van der Waals surface area contributed by atoms with Crippen LogP contribution in [0.1, 0.15) is 51.2 Å². The predicted octanol–water partition coefficient (Wildman–Crippen LogP) is 5.08. The SMILES string of the molecule is Cc1cc(-c2ccc(-c3cnn(C)c3)cc2)ccc1C1=NC(C)(C)C(=O)N1C[C@@H]1CCN(C(=O)C2(C)CC2)C1. The molecular formula is C32H37N5O2. The summed E-state index contributed by atoms with van der Waals surface area (Å²) in [6, 6.07) is 14.9. The van der Waals surface area contributed by atoms with Gasteiger partial charge in [-0.25, -0.2) is 0 Å². The summed E-state index contributed by atoms with van der Waals surface area (Å²) >= 11 is 0. The van der Waals surface area contributed by atoms with Gasteiger partial charge in [0.1, 0.15) is 11.4 Å². The van der Waals surface area contributed by atoms with E-state index < -0.39 is 5.54 Å². The van der Waals surface area contributed by atoms with Crippen LogP contribution in [0.5, 0.6) is 0 Å². The molecule has 2 fully saturated rings. The molecule has 1 aromatic heterocycles. The standard InChI is InChI=1S/C32H37N5O2/c1-21-16-25(23-6-8-24(9-7-23)26-17-33-35(5)20-26)10-11-27(21)28-34-31(2,3)29(38)37(28)19-22-12-15-36(18-22)30(39)32(4)13-14-32/h6-11,16-17,20,22H,12-15,18-19H2,1-5H3/t22-/m1/s1. The first-order valence-electron chi connectivity index (χ1n) is 14.0. The molecule has 7 nitrogen and oxygen atoms in total. The molecule has 3 heterocycles. The lowest BCUT2D eigenvalue weighted by molar-refractivity contribution is -0.135. The van der Waals surface area contributed by atoms with Crippen molar-refractivity contribution in [2.45, 2.75) is 52.5 Å². The van der Waals surface area contributed by atoms with E-state index in [1.54, 1.807) is 0 Å². The highest BCUT2D eigenvalue weighted by molar-refractivity contribution is 6.15. The Labute approximate surface area is 230 Å². The van der Waals surface area contributed by atoms with Gasteiger partial charge in [-0.05, 0) is 68.2 Å². The number of carbonyl (C=O) groups excluding carboxylic acids is 2. The summed E-state index contributed by atoms with van der Waals surface area (Å²) in [6.07, 6.45) is 6.80. The lowest BCUT2D eigenvalue weighted by Gasteiger charge is -2.25. The number of aliphatic imine (C=N–C) groups is 1. The zero-order valence-corrected chi connectivity index (χ0v) is 23.6. The molecule has 2 aromatic carbocycles. The van der Waals surface area contributed by atoms with E-state index in [9.17, 15) is 9.59 Å². The number of benzene rings is 2. The molecule has 3 aliphatic rings. The van der Waals surface area contributed by atoms with E-state index in [1.165, 1.54) is 0 Å². The minimum absolute atomic E-state index is 0.0332. The fraction of sp³-hybridized carbons (Fsp3) is 0.438. The number of hydrogen-bond donors (Lipinski definition) is 0. The third-order valence-electron chi connectivity index (χ3n) is 8.66. The summed E-state index contributed by atoms with van der Waals surface area (Å²) in [6.45, 7) is 10.0. The van der Waals surface area contributed by atoms with Crippen molar-refractivity contribution in [3.8, 4) is 22.3 Å². The monoisotopic (exact) mass is 523 g/mol. The Morgan fingerprint density at radius 1 is 1.00 bits per heavy atom. The van der Waals surface area contributed by atoms with Gasteiger partial charge in [-0.2, -0.15) is 5.10 Å². The summed E-state index contributed by atoms with van der Waals surface area (Å²) in [5.74, 6) is 1.33. The fourth-order valence-corrected chi connectivity index (χ4v) is 5.90. The highest BCUT2D eigenvalue weighted by Gasteiger charge is 2.49. The van der Waals surface area contributed by atoms with E-state index >= 15 is 0 Å². The maximum absolute atomic E-state index is 13.5.